The molecule has 1 aromatic heterocycles. The first-order valence-electron chi connectivity index (χ1n) is 4.67. The van der Waals surface area contributed by atoms with Gasteiger partial charge in [-0.1, -0.05) is 0 Å². The molecule has 88 valence electrons. The third-order valence-electron chi connectivity index (χ3n) is 1.79. The van der Waals surface area contributed by atoms with E-state index in [-0.39, 0.29) is 0 Å². The van der Waals surface area contributed by atoms with E-state index in [2.05, 4.69) is 15.6 Å². The molecule has 0 aliphatic heterocycles. The van der Waals surface area contributed by atoms with Gasteiger partial charge in [-0.25, -0.2) is 9.78 Å². The highest BCUT2D eigenvalue weighted by atomic mass is 32.1. The standard InChI is InChI=1S/C9H13N3O3S/c1-5-3-10-7(16-5)4-11-9(15)12-6(2)8(13)14/h3,6H,4H2,1-2H3,(H,13,14)(H2,11,12,15)/t6-/m1/s1. The number of carbonyl (C=O) groups excluding carboxylic acids is 1. The average Bonchev–Trinajstić information content (AvgIpc) is 2.61. The number of rotatable bonds is 4. The number of aliphatic carboxylic acids is 1. The molecule has 1 heterocycles. The third-order valence-corrected chi connectivity index (χ3v) is 2.70. The van der Waals surface area contributed by atoms with Crippen molar-refractivity contribution in [2.75, 3.05) is 0 Å². The summed E-state index contributed by atoms with van der Waals surface area (Å²) >= 11 is 1.48. The van der Waals surface area contributed by atoms with Crippen LogP contribution >= 0.6 is 11.3 Å². The van der Waals surface area contributed by atoms with Crippen molar-refractivity contribution in [2.45, 2.75) is 26.4 Å². The first kappa shape index (κ1) is 12.4. The van der Waals surface area contributed by atoms with Gasteiger partial charge in [0.05, 0.1) is 6.54 Å². The van der Waals surface area contributed by atoms with E-state index in [1.54, 1.807) is 6.20 Å². The summed E-state index contributed by atoms with van der Waals surface area (Å²) in [5.74, 6) is -1.07. The van der Waals surface area contributed by atoms with Crippen LogP contribution < -0.4 is 10.6 Å². The van der Waals surface area contributed by atoms with Gasteiger partial charge in [0.2, 0.25) is 0 Å². The predicted molar refractivity (Wildman–Crippen MR) is 59.3 cm³/mol. The second kappa shape index (κ2) is 5.45. The fourth-order valence-electron chi connectivity index (χ4n) is 0.948. The van der Waals surface area contributed by atoms with E-state index in [1.165, 1.54) is 18.3 Å². The van der Waals surface area contributed by atoms with Crippen LogP contribution in [-0.2, 0) is 11.3 Å². The molecule has 1 rings (SSSR count). The van der Waals surface area contributed by atoms with Gasteiger partial charge in [-0.15, -0.1) is 11.3 Å². The molecule has 16 heavy (non-hydrogen) atoms. The predicted octanol–water partition coefficient (Wildman–Crippen LogP) is 0.724. The van der Waals surface area contributed by atoms with E-state index in [1.807, 2.05) is 6.92 Å². The maximum absolute atomic E-state index is 11.2. The lowest BCUT2D eigenvalue weighted by Gasteiger charge is -2.09. The van der Waals surface area contributed by atoms with Gasteiger partial charge < -0.3 is 15.7 Å². The molecule has 1 atom stereocenters. The van der Waals surface area contributed by atoms with Crippen molar-refractivity contribution in [2.24, 2.45) is 0 Å². The van der Waals surface area contributed by atoms with Crippen molar-refractivity contribution in [3.63, 3.8) is 0 Å². The molecule has 0 unspecified atom stereocenters. The first-order valence-corrected chi connectivity index (χ1v) is 5.49. The summed E-state index contributed by atoms with van der Waals surface area (Å²) in [6.07, 6.45) is 1.72. The summed E-state index contributed by atoms with van der Waals surface area (Å²) in [7, 11) is 0. The topological polar surface area (TPSA) is 91.3 Å². The van der Waals surface area contributed by atoms with Crippen molar-refractivity contribution in [1.29, 1.82) is 0 Å². The third kappa shape index (κ3) is 3.85. The van der Waals surface area contributed by atoms with E-state index in [9.17, 15) is 9.59 Å². The lowest BCUT2D eigenvalue weighted by molar-refractivity contribution is -0.138. The zero-order valence-corrected chi connectivity index (χ0v) is 9.80. The molecule has 2 amide bonds. The van der Waals surface area contributed by atoms with E-state index in [0.29, 0.717) is 6.54 Å². The number of amides is 2. The van der Waals surface area contributed by atoms with Crippen LogP contribution in [0.5, 0.6) is 0 Å². The van der Waals surface area contributed by atoms with Gasteiger partial charge in [-0.2, -0.15) is 0 Å². The molecule has 0 spiro atoms. The van der Waals surface area contributed by atoms with Crippen LogP contribution in [0.2, 0.25) is 0 Å². The van der Waals surface area contributed by atoms with Crippen molar-refractivity contribution < 1.29 is 14.7 Å². The number of hydrogen-bond acceptors (Lipinski definition) is 4. The molecule has 0 bridgehead atoms. The number of aromatic nitrogens is 1. The molecule has 0 saturated carbocycles. The Morgan fingerprint density at radius 1 is 1.62 bits per heavy atom. The summed E-state index contributed by atoms with van der Waals surface area (Å²) in [5, 5.41) is 14.2. The van der Waals surface area contributed by atoms with Gasteiger partial charge in [0, 0.05) is 11.1 Å². The highest BCUT2D eigenvalue weighted by Gasteiger charge is 2.13. The molecule has 6 nitrogen and oxygen atoms in total. The molecule has 0 aliphatic carbocycles. The van der Waals surface area contributed by atoms with E-state index < -0.39 is 18.0 Å². The monoisotopic (exact) mass is 243 g/mol. The highest BCUT2D eigenvalue weighted by Crippen LogP contribution is 2.10. The van der Waals surface area contributed by atoms with Crippen LogP contribution in [0.4, 0.5) is 4.79 Å². The van der Waals surface area contributed by atoms with Crippen LogP contribution in [-0.4, -0.2) is 28.1 Å². The second-order valence-corrected chi connectivity index (χ2v) is 4.57. The van der Waals surface area contributed by atoms with Crippen LogP contribution in [0, 0.1) is 6.92 Å². The molecule has 3 N–H and O–H groups in total. The van der Waals surface area contributed by atoms with E-state index in [4.69, 9.17) is 5.11 Å². The van der Waals surface area contributed by atoms with E-state index in [0.717, 1.165) is 9.88 Å². The first-order chi connectivity index (χ1) is 7.49. The minimum Gasteiger partial charge on any atom is -0.480 e. The fourth-order valence-corrected chi connectivity index (χ4v) is 1.68. The maximum atomic E-state index is 11.2. The van der Waals surface area contributed by atoms with Crippen LogP contribution in [0.25, 0.3) is 0 Å². The summed E-state index contributed by atoms with van der Waals surface area (Å²) in [6.45, 7) is 3.62. The maximum Gasteiger partial charge on any atom is 0.325 e. The largest absolute Gasteiger partial charge is 0.480 e. The Morgan fingerprint density at radius 2 is 2.31 bits per heavy atom. The summed E-state index contributed by atoms with van der Waals surface area (Å²) in [6, 6.07) is -1.42. The Labute approximate surface area is 96.7 Å². The normalized spacial score (nSPS) is 11.9. The van der Waals surface area contributed by atoms with Gasteiger partial charge in [0.15, 0.2) is 0 Å². The van der Waals surface area contributed by atoms with Crippen LogP contribution in [0.3, 0.4) is 0 Å². The van der Waals surface area contributed by atoms with E-state index >= 15 is 0 Å². The van der Waals surface area contributed by atoms with Crippen LogP contribution in [0.1, 0.15) is 16.8 Å². The molecular weight excluding hydrogens is 230 g/mol. The average molecular weight is 243 g/mol. The van der Waals surface area contributed by atoms with Gasteiger partial charge in [0.1, 0.15) is 11.0 Å². The number of urea groups is 1. The zero-order chi connectivity index (χ0) is 12.1. The highest BCUT2D eigenvalue weighted by molar-refractivity contribution is 7.11. The Morgan fingerprint density at radius 3 is 2.81 bits per heavy atom. The minimum absolute atomic E-state index is 0.302. The number of nitrogens with one attached hydrogen (secondary N) is 2. The fraction of sp³-hybridized carbons (Fsp3) is 0.444. The number of nitrogens with zero attached hydrogens (tertiary/aromatic N) is 1. The summed E-state index contributed by atoms with van der Waals surface area (Å²) in [5.41, 5.74) is 0. The Bertz CT molecular complexity index is 391. The van der Waals surface area contributed by atoms with Gasteiger partial charge in [-0.05, 0) is 13.8 Å². The molecule has 0 aromatic carbocycles. The molecule has 0 radical (unpaired) electrons. The van der Waals surface area contributed by atoms with Gasteiger partial charge in [-0.3, -0.25) is 4.79 Å². The molecule has 0 fully saturated rings. The second-order valence-electron chi connectivity index (χ2n) is 3.25. The number of hydrogen-bond donors (Lipinski definition) is 3. The number of carboxylic acids is 1. The number of carbonyl (C=O) groups is 2. The lowest BCUT2D eigenvalue weighted by atomic mass is 10.3. The van der Waals surface area contributed by atoms with Crippen molar-refractivity contribution in [1.82, 2.24) is 15.6 Å². The smallest absolute Gasteiger partial charge is 0.325 e. The van der Waals surface area contributed by atoms with Crippen molar-refractivity contribution in [3.8, 4) is 0 Å². The van der Waals surface area contributed by atoms with Crippen LogP contribution in [0.15, 0.2) is 6.20 Å². The number of aryl methyl sites for hydroxylation is 1. The SMILES string of the molecule is Cc1cnc(CNC(=O)N[C@H](C)C(=O)O)s1. The minimum atomic E-state index is -1.07. The molecule has 1 aromatic rings. The molecular formula is C9H13N3O3S. The summed E-state index contributed by atoms with van der Waals surface area (Å²) in [4.78, 5) is 26.8. The Balaban J connectivity index is 2.33. The van der Waals surface area contributed by atoms with Crippen molar-refractivity contribution in [3.05, 3.63) is 16.1 Å². The summed E-state index contributed by atoms with van der Waals surface area (Å²) < 4.78 is 0. The zero-order valence-electron chi connectivity index (χ0n) is 8.98. The number of thiazole rings is 1. The van der Waals surface area contributed by atoms with Gasteiger partial charge >= 0.3 is 12.0 Å². The van der Waals surface area contributed by atoms with Gasteiger partial charge in [0.25, 0.3) is 0 Å². The number of carboxylic acid groups (broad SMARTS) is 1. The molecule has 7 heteroatoms. The Kier molecular flexibility index (Phi) is 4.24. The lowest BCUT2D eigenvalue weighted by Crippen LogP contribution is -2.44. The van der Waals surface area contributed by atoms with Crippen molar-refractivity contribution >= 4 is 23.3 Å². The molecule has 0 saturated heterocycles. The quantitative estimate of drug-likeness (QED) is 0.726. The molecule has 0 aliphatic rings. The Hall–Kier alpha value is -1.63.